The van der Waals surface area contributed by atoms with Crippen LogP contribution in [0.15, 0.2) is 12.3 Å². The van der Waals surface area contributed by atoms with Gasteiger partial charge in [-0.3, -0.25) is 4.68 Å². The minimum Gasteiger partial charge on any atom is -0.264 e. The summed E-state index contributed by atoms with van der Waals surface area (Å²) in [6, 6.07) is 2.13. The zero-order valence-electron chi connectivity index (χ0n) is 9.17. The average Bonchev–Trinajstić information content (AvgIpc) is 2.47. The Balaban J connectivity index is 2.77. The van der Waals surface area contributed by atoms with Crippen LogP contribution in [0.4, 0.5) is 0 Å². The quantitative estimate of drug-likeness (QED) is 0.699. The van der Waals surface area contributed by atoms with Crippen LogP contribution in [-0.2, 0) is 12.0 Å². The number of aryl methyl sites for hydroxylation is 1. The lowest BCUT2D eigenvalue weighted by atomic mass is 10.1. The first kappa shape index (κ1) is 10.3. The van der Waals surface area contributed by atoms with Crippen LogP contribution in [0.3, 0.4) is 0 Å². The fourth-order valence-corrected chi connectivity index (χ4v) is 1.48. The Morgan fingerprint density at radius 3 is 2.62 bits per heavy atom. The highest BCUT2D eigenvalue weighted by atomic mass is 15.3. The van der Waals surface area contributed by atoms with Crippen LogP contribution in [0.1, 0.15) is 46.2 Å². The van der Waals surface area contributed by atoms with E-state index in [2.05, 4.69) is 43.5 Å². The summed E-state index contributed by atoms with van der Waals surface area (Å²) in [5.74, 6) is 0. The van der Waals surface area contributed by atoms with E-state index < -0.39 is 0 Å². The Morgan fingerprint density at radius 2 is 2.08 bits per heavy atom. The summed E-state index contributed by atoms with van der Waals surface area (Å²) in [4.78, 5) is 0. The van der Waals surface area contributed by atoms with Gasteiger partial charge in [0.25, 0.3) is 0 Å². The van der Waals surface area contributed by atoms with E-state index in [0.717, 1.165) is 6.42 Å². The van der Waals surface area contributed by atoms with Crippen molar-refractivity contribution >= 4 is 0 Å². The van der Waals surface area contributed by atoms with Crippen LogP contribution in [0.5, 0.6) is 0 Å². The molecule has 74 valence electrons. The molecule has 0 aliphatic heterocycles. The lowest BCUT2D eigenvalue weighted by Gasteiger charge is -2.22. The number of hydrogen-bond donors (Lipinski definition) is 0. The van der Waals surface area contributed by atoms with E-state index >= 15 is 0 Å². The molecule has 0 amide bonds. The molecule has 2 nitrogen and oxygen atoms in total. The van der Waals surface area contributed by atoms with Crippen LogP contribution in [0, 0.1) is 0 Å². The van der Waals surface area contributed by atoms with Gasteiger partial charge in [-0.05, 0) is 39.7 Å². The Bertz CT molecular complexity index is 255. The molecule has 0 fully saturated rings. The maximum Gasteiger partial charge on any atom is 0.0546 e. The van der Waals surface area contributed by atoms with Crippen LogP contribution >= 0.6 is 0 Å². The van der Waals surface area contributed by atoms with Crippen molar-refractivity contribution in [3.8, 4) is 0 Å². The molecule has 0 unspecified atom stereocenters. The SMILES string of the molecule is CCCCc1ccnn1C(C)(C)C. The molecule has 0 saturated carbocycles. The van der Waals surface area contributed by atoms with Crippen molar-refractivity contribution in [2.45, 2.75) is 52.5 Å². The number of hydrogen-bond acceptors (Lipinski definition) is 1. The fraction of sp³-hybridized carbons (Fsp3) is 0.727. The lowest BCUT2D eigenvalue weighted by Crippen LogP contribution is -2.25. The van der Waals surface area contributed by atoms with Gasteiger partial charge in [-0.1, -0.05) is 13.3 Å². The van der Waals surface area contributed by atoms with Gasteiger partial charge in [-0.15, -0.1) is 0 Å². The van der Waals surface area contributed by atoms with E-state index in [4.69, 9.17) is 0 Å². The van der Waals surface area contributed by atoms with E-state index in [9.17, 15) is 0 Å². The maximum atomic E-state index is 4.36. The van der Waals surface area contributed by atoms with Gasteiger partial charge in [0, 0.05) is 11.9 Å². The molecule has 0 N–H and O–H groups in total. The summed E-state index contributed by atoms with van der Waals surface area (Å²) in [5.41, 5.74) is 1.47. The van der Waals surface area contributed by atoms with Crippen molar-refractivity contribution < 1.29 is 0 Å². The third-order valence-corrected chi connectivity index (χ3v) is 2.14. The summed E-state index contributed by atoms with van der Waals surface area (Å²) < 4.78 is 2.13. The minimum atomic E-state index is 0.118. The third-order valence-electron chi connectivity index (χ3n) is 2.14. The van der Waals surface area contributed by atoms with Crippen molar-refractivity contribution in [3.63, 3.8) is 0 Å². The number of nitrogens with zero attached hydrogens (tertiary/aromatic N) is 2. The van der Waals surface area contributed by atoms with E-state index in [0.29, 0.717) is 0 Å². The molecule has 1 heterocycles. The van der Waals surface area contributed by atoms with Crippen molar-refractivity contribution in [1.82, 2.24) is 9.78 Å². The second-order valence-electron chi connectivity index (χ2n) is 4.51. The van der Waals surface area contributed by atoms with Crippen LogP contribution in [0.25, 0.3) is 0 Å². The molecule has 0 spiro atoms. The van der Waals surface area contributed by atoms with Gasteiger partial charge < -0.3 is 0 Å². The second kappa shape index (κ2) is 3.95. The zero-order chi connectivity index (χ0) is 9.90. The monoisotopic (exact) mass is 180 g/mol. The predicted octanol–water partition coefficient (Wildman–Crippen LogP) is 2.98. The van der Waals surface area contributed by atoms with Crippen LogP contribution in [0.2, 0.25) is 0 Å². The molecule has 0 aromatic carbocycles. The topological polar surface area (TPSA) is 17.8 Å². The van der Waals surface area contributed by atoms with E-state index in [1.54, 1.807) is 0 Å². The maximum absolute atomic E-state index is 4.36. The molecule has 0 atom stereocenters. The number of unbranched alkanes of at least 4 members (excludes halogenated alkanes) is 1. The molecule has 0 saturated heterocycles. The van der Waals surface area contributed by atoms with E-state index in [-0.39, 0.29) is 5.54 Å². The molecule has 2 heteroatoms. The van der Waals surface area contributed by atoms with Crippen molar-refractivity contribution in [2.24, 2.45) is 0 Å². The van der Waals surface area contributed by atoms with Gasteiger partial charge in [0.1, 0.15) is 0 Å². The Kier molecular flexibility index (Phi) is 3.12. The largest absolute Gasteiger partial charge is 0.264 e. The van der Waals surface area contributed by atoms with Crippen LogP contribution < -0.4 is 0 Å². The molecule has 0 radical (unpaired) electrons. The zero-order valence-corrected chi connectivity index (χ0v) is 9.17. The standard InChI is InChI=1S/C11H20N2/c1-5-6-7-10-8-9-12-13(10)11(2,3)4/h8-9H,5-7H2,1-4H3. The van der Waals surface area contributed by atoms with E-state index in [1.165, 1.54) is 18.5 Å². The average molecular weight is 180 g/mol. The Morgan fingerprint density at radius 1 is 1.38 bits per heavy atom. The van der Waals surface area contributed by atoms with Crippen molar-refractivity contribution in [2.75, 3.05) is 0 Å². The highest BCUT2D eigenvalue weighted by Crippen LogP contribution is 2.16. The van der Waals surface area contributed by atoms with Crippen molar-refractivity contribution in [1.29, 1.82) is 0 Å². The smallest absolute Gasteiger partial charge is 0.0546 e. The van der Waals surface area contributed by atoms with Gasteiger partial charge in [0.05, 0.1) is 5.54 Å². The molecule has 13 heavy (non-hydrogen) atoms. The summed E-state index contributed by atoms with van der Waals surface area (Å²) in [5, 5.41) is 4.36. The molecule has 1 aromatic heterocycles. The van der Waals surface area contributed by atoms with Crippen LogP contribution in [-0.4, -0.2) is 9.78 Å². The van der Waals surface area contributed by atoms with Crippen molar-refractivity contribution in [3.05, 3.63) is 18.0 Å². The summed E-state index contributed by atoms with van der Waals surface area (Å²) in [7, 11) is 0. The first-order chi connectivity index (χ1) is 6.05. The van der Waals surface area contributed by atoms with E-state index in [1.807, 2.05) is 6.20 Å². The highest BCUT2D eigenvalue weighted by molar-refractivity contribution is 5.03. The fourth-order valence-electron chi connectivity index (χ4n) is 1.48. The molecule has 0 aliphatic carbocycles. The Hall–Kier alpha value is -0.790. The normalized spacial score (nSPS) is 12.0. The Labute approximate surface area is 81.0 Å². The number of rotatable bonds is 3. The van der Waals surface area contributed by atoms with Gasteiger partial charge in [0.15, 0.2) is 0 Å². The first-order valence-electron chi connectivity index (χ1n) is 5.09. The molecular weight excluding hydrogens is 160 g/mol. The molecule has 1 aromatic rings. The lowest BCUT2D eigenvalue weighted by molar-refractivity contribution is 0.342. The third kappa shape index (κ3) is 2.58. The number of aromatic nitrogens is 2. The summed E-state index contributed by atoms with van der Waals surface area (Å²) in [6.45, 7) is 8.79. The van der Waals surface area contributed by atoms with Gasteiger partial charge >= 0.3 is 0 Å². The summed E-state index contributed by atoms with van der Waals surface area (Å²) >= 11 is 0. The summed E-state index contributed by atoms with van der Waals surface area (Å²) in [6.07, 6.45) is 5.54. The molecular formula is C11H20N2. The predicted molar refractivity (Wildman–Crippen MR) is 55.8 cm³/mol. The molecule has 0 aliphatic rings. The van der Waals surface area contributed by atoms with Gasteiger partial charge in [-0.2, -0.15) is 5.10 Å². The second-order valence-corrected chi connectivity index (χ2v) is 4.51. The molecule has 1 rings (SSSR count). The first-order valence-corrected chi connectivity index (χ1v) is 5.09. The van der Waals surface area contributed by atoms with Gasteiger partial charge in [-0.25, -0.2) is 0 Å². The van der Waals surface area contributed by atoms with Gasteiger partial charge in [0.2, 0.25) is 0 Å². The highest BCUT2D eigenvalue weighted by Gasteiger charge is 2.16. The molecule has 0 bridgehead atoms. The minimum absolute atomic E-state index is 0.118.